The number of halogens is 3. The van der Waals surface area contributed by atoms with Crippen LogP contribution in [0.15, 0.2) is 84.0 Å². The summed E-state index contributed by atoms with van der Waals surface area (Å²) in [6, 6.07) is 23.5. The highest BCUT2D eigenvalue weighted by atomic mass is 32.2. The molecule has 1 saturated carbocycles. The maximum Gasteiger partial charge on any atom is 0.418 e. The highest BCUT2D eigenvalue weighted by Crippen LogP contribution is 2.37. The highest BCUT2D eigenvalue weighted by Gasteiger charge is 2.33. The second-order valence-corrected chi connectivity index (χ2v) is 10.2. The second-order valence-electron chi connectivity index (χ2n) is 9.29. The average Bonchev–Trinajstić information content (AvgIpc) is 3.37. The average molecular weight is 537 g/mol. The molecule has 38 heavy (non-hydrogen) atoms. The summed E-state index contributed by atoms with van der Waals surface area (Å²) in [6.45, 7) is 0. The first-order chi connectivity index (χ1) is 18.4. The van der Waals surface area contributed by atoms with Crippen molar-refractivity contribution >= 4 is 23.4 Å². The number of nitrogens with one attached hydrogen (secondary N) is 1. The minimum atomic E-state index is -4.55. The number of rotatable bonds is 7. The molecule has 0 atom stereocenters. The number of para-hydroxylation sites is 1. The van der Waals surface area contributed by atoms with Crippen LogP contribution in [0.5, 0.6) is 0 Å². The van der Waals surface area contributed by atoms with Gasteiger partial charge in [0.2, 0.25) is 5.91 Å². The van der Waals surface area contributed by atoms with Crippen LogP contribution < -0.4 is 5.32 Å². The van der Waals surface area contributed by atoms with E-state index in [9.17, 15) is 18.0 Å². The topological polar surface area (TPSA) is 59.8 Å². The largest absolute Gasteiger partial charge is 0.418 e. The van der Waals surface area contributed by atoms with E-state index < -0.39 is 17.6 Å². The summed E-state index contributed by atoms with van der Waals surface area (Å²) in [5.41, 5.74) is 2.03. The lowest BCUT2D eigenvalue weighted by Gasteiger charge is -2.25. The van der Waals surface area contributed by atoms with Gasteiger partial charge in [0.25, 0.3) is 0 Å². The number of hydrogen-bond acceptors (Lipinski definition) is 4. The number of alkyl halides is 3. The molecule has 1 aromatic heterocycles. The fourth-order valence-corrected chi connectivity index (χ4v) is 5.64. The van der Waals surface area contributed by atoms with E-state index in [0.717, 1.165) is 54.3 Å². The van der Waals surface area contributed by atoms with E-state index in [2.05, 4.69) is 44.3 Å². The van der Waals surface area contributed by atoms with Crippen molar-refractivity contribution in [2.24, 2.45) is 0 Å². The van der Waals surface area contributed by atoms with Gasteiger partial charge in [-0.25, -0.2) is 0 Å². The van der Waals surface area contributed by atoms with Crippen molar-refractivity contribution in [2.45, 2.75) is 49.5 Å². The second kappa shape index (κ2) is 11.4. The van der Waals surface area contributed by atoms with E-state index in [1.165, 1.54) is 36.4 Å². The van der Waals surface area contributed by atoms with Crippen LogP contribution >= 0.6 is 11.8 Å². The third-order valence-corrected chi connectivity index (χ3v) is 7.64. The number of anilines is 1. The fraction of sp³-hybridized carbons (Fsp3) is 0.276. The first kappa shape index (κ1) is 26.0. The number of hydrogen-bond donors (Lipinski definition) is 1. The molecule has 1 aliphatic rings. The minimum Gasteiger partial charge on any atom is -0.325 e. The van der Waals surface area contributed by atoms with Gasteiger partial charge in [-0.05, 0) is 36.1 Å². The third kappa shape index (κ3) is 5.93. The molecule has 5 nitrogen and oxygen atoms in total. The van der Waals surface area contributed by atoms with Crippen molar-refractivity contribution in [1.82, 2.24) is 14.8 Å². The summed E-state index contributed by atoms with van der Waals surface area (Å²) >= 11 is 1.19. The summed E-state index contributed by atoms with van der Waals surface area (Å²) in [6.07, 6.45) is 0.826. The van der Waals surface area contributed by atoms with E-state index >= 15 is 0 Å². The van der Waals surface area contributed by atoms with E-state index in [-0.39, 0.29) is 17.5 Å². The van der Waals surface area contributed by atoms with Gasteiger partial charge in [0.1, 0.15) is 0 Å². The van der Waals surface area contributed by atoms with Gasteiger partial charge in [0, 0.05) is 11.6 Å². The van der Waals surface area contributed by atoms with Gasteiger partial charge in [-0.2, -0.15) is 13.2 Å². The van der Waals surface area contributed by atoms with Gasteiger partial charge in [-0.1, -0.05) is 97.8 Å². The van der Waals surface area contributed by atoms with Crippen LogP contribution in [0.4, 0.5) is 18.9 Å². The Labute approximate surface area is 223 Å². The Balaban J connectivity index is 1.36. The zero-order chi connectivity index (χ0) is 26.5. The van der Waals surface area contributed by atoms with Crippen molar-refractivity contribution < 1.29 is 18.0 Å². The summed E-state index contributed by atoms with van der Waals surface area (Å²) in [4.78, 5) is 12.6. The Morgan fingerprint density at radius 2 is 1.47 bits per heavy atom. The first-order valence-corrected chi connectivity index (χ1v) is 13.6. The summed E-state index contributed by atoms with van der Waals surface area (Å²) in [7, 11) is 0. The van der Waals surface area contributed by atoms with Crippen molar-refractivity contribution in [3.05, 3.63) is 84.4 Å². The van der Waals surface area contributed by atoms with Gasteiger partial charge in [0.15, 0.2) is 11.0 Å². The van der Waals surface area contributed by atoms with Crippen LogP contribution in [0.1, 0.15) is 43.7 Å². The van der Waals surface area contributed by atoms with Crippen LogP contribution in [0.3, 0.4) is 0 Å². The van der Waals surface area contributed by atoms with Crippen LogP contribution in [0.2, 0.25) is 0 Å². The Morgan fingerprint density at radius 1 is 0.842 bits per heavy atom. The van der Waals surface area contributed by atoms with Gasteiger partial charge >= 0.3 is 6.18 Å². The summed E-state index contributed by atoms with van der Waals surface area (Å²) in [5.74, 6) is 0.129. The molecule has 0 saturated heterocycles. The molecule has 0 radical (unpaired) electrons. The molecule has 4 aromatic rings. The Bertz CT molecular complexity index is 1380. The molecule has 1 heterocycles. The fourth-order valence-electron chi connectivity index (χ4n) is 4.84. The van der Waals surface area contributed by atoms with E-state index in [1.54, 1.807) is 0 Å². The van der Waals surface area contributed by atoms with Crippen molar-refractivity contribution in [3.63, 3.8) is 0 Å². The molecule has 3 aromatic carbocycles. The monoisotopic (exact) mass is 536 g/mol. The Kier molecular flexibility index (Phi) is 7.83. The van der Waals surface area contributed by atoms with Gasteiger partial charge in [0.05, 0.1) is 17.0 Å². The molecule has 5 rings (SSSR count). The predicted molar refractivity (Wildman–Crippen MR) is 144 cm³/mol. The zero-order valence-electron chi connectivity index (χ0n) is 20.6. The van der Waals surface area contributed by atoms with Crippen molar-refractivity contribution in [3.8, 4) is 22.5 Å². The Morgan fingerprint density at radius 3 is 2.18 bits per heavy atom. The predicted octanol–water partition coefficient (Wildman–Crippen LogP) is 7.87. The molecule has 0 bridgehead atoms. The molecule has 1 fully saturated rings. The minimum absolute atomic E-state index is 0.0794. The maximum absolute atomic E-state index is 13.3. The van der Waals surface area contributed by atoms with E-state index in [4.69, 9.17) is 0 Å². The van der Waals surface area contributed by atoms with Crippen LogP contribution in [-0.2, 0) is 11.0 Å². The molecule has 196 valence electrons. The van der Waals surface area contributed by atoms with E-state index in [0.29, 0.717) is 5.16 Å². The number of benzene rings is 3. The molecule has 1 N–H and O–H groups in total. The van der Waals surface area contributed by atoms with Crippen molar-refractivity contribution in [1.29, 1.82) is 0 Å². The van der Waals surface area contributed by atoms with E-state index in [1.807, 2.05) is 30.3 Å². The van der Waals surface area contributed by atoms with Crippen LogP contribution in [-0.4, -0.2) is 26.4 Å². The van der Waals surface area contributed by atoms with Gasteiger partial charge in [-0.3, -0.25) is 9.36 Å². The standard InChI is InChI=1S/C29H27F3N4OS/c30-29(31,32)24-13-7-8-14-25(24)33-26(37)19-38-28-35-34-27(36(28)23-11-5-2-6-12-23)22-17-15-21(16-18-22)20-9-3-1-4-10-20/h1,3-4,7-10,13-18,23H,2,5-6,11-12,19H2,(H,33,37). The molecule has 0 unspecified atom stereocenters. The first-order valence-electron chi connectivity index (χ1n) is 12.6. The van der Waals surface area contributed by atoms with Gasteiger partial charge in [-0.15, -0.1) is 10.2 Å². The number of nitrogens with zero attached hydrogens (tertiary/aromatic N) is 3. The third-order valence-electron chi connectivity index (χ3n) is 6.69. The SMILES string of the molecule is O=C(CSc1nnc(-c2ccc(-c3ccccc3)cc2)n1C1CCCCC1)Nc1ccccc1C(F)(F)F. The molecular formula is C29H27F3N4OS. The molecule has 0 aliphatic heterocycles. The molecule has 9 heteroatoms. The molecular weight excluding hydrogens is 509 g/mol. The normalized spacial score (nSPS) is 14.4. The summed E-state index contributed by atoms with van der Waals surface area (Å²) in [5, 5.41) is 11.9. The number of carbonyl (C=O) groups excluding carboxylic acids is 1. The maximum atomic E-state index is 13.3. The molecule has 0 spiro atoms. The number of thioether (sulfide) groups is 1. The lowest BCUT2D eigenvalue weighted by molar-refractivity contribution is -0.137. The number of carbonyl (C=O) groups is 1. The van der Waals surface area contributed by atoms with Crippen LogP contribution in [0, 0.1) is 0 Å². The van der Waals surface area contributed by atoms with Gasteiger partial charge < -0.3 is 5.32 Å². The highest BCUT2D eigenvalue weighted by molar-refractivity contribution is 7.99. The quantitative estimate of drug-likeness (QED) is 0.244. The smallest absolute Gasteiger partial charge is 0.325 e. The summed E-state index contributed by atoms with van der Waals surface area (Å²) < 4.78 is 42.1. The Hall–Kier alpha value is -3.59. The van der Waals surface area contributed by atoms with Crippen molar-refractivity contribution in [2.75, 3.05) is 11.1 Å². The van der Waals surface area contributed by atoms with Crippen LogP contribution in [0.25, 0.3) is 22.5 Å². The number of amides is 1. The number of aromatic nitrogens is 3. The lowest BCUT2D eigenvalue weighted by Crippen LogP contribution is -2.19. The molecule has 1 aliphatic carbocycles. The lowest BCUT2D eigenvalue weighted by atomic mass is 9.95. The zero-order valence-corrected chi connectivity index (χ0v) is 21.4. The molecule has 1 amide bonds.